The molecule has 1 saturated heterocycles. The molecule has 0 amide bonds. The number of hydrogen-bond acceptors (Lipinski definition) is 2. The van der Waals surface area contributed by atoms with Crippen molar-refractivity contribution in [2.75, 3.05) is 6.54 Å². The van der Waals surface area contributed by atoms with E-state index in [1.165, 1.54) is 31.4 Å². The van der Waals surface area contributed by atoms with E-state index in [1.54, 1.807) is 4.88 Å². The zero-order valence-electron chi connectivity index (χ0n) is 7.97. The van der Waals surface area contributed by atoms with E-state index in [4.69, 9.17) is 0 Å². The van der Waals surface area contributed by atoms with Gasteiger partial charge in [-0.2, -0.15) is 0 Å². The minimum Gasteiger partial charge on any atom is -0.308 e. The van der Waals surface area contributed by atoms with Gasteiger partial charge in [0.2, 0.25) is 0 Å². The van der Waals surface area contributed by atoms with Crippen molar-refractivity contribution >= 4 is 11.3 Å². The van der Waals surface area contributed by atoms with Crippen LogP contribution in [0.5, 0.6) is 0 Å². The molecule has 1 atom stereocenters. The Morgan fingerprint density at radius 1 is 1.54 bits per heavy atom. The van der Waals surface area contributed by atoms with E-state index in [0.29, 0.717) is 11.5 Å². The smallest absolute Gasteiger partial charge is 0.0487 e. The molecule has 2 heteroatoms. The molecule has 0 bridgehead atoms. The third-order valence-corrected chi connectivity index (χ3v) is 4.87. The molecule has 1 unspecified atom stereocenters. The summed E-state index contributed by atoms with van der Waals surface area (Å²) < 4.78 is 0. The molecule has 0 aromatic carbocycles. The lowest BCUT2D eigenvalue weighted by molar-refractivity contribution is -0.00411. The van der Waals surface area contributed by atoms with E-state index in [0.717, 1.165) is 0 Å². The van der Waals surface area contributed by atoms with Crippen molar-refractivity contribution in [3.05, 3.63) is 21.9 Å². The van der Waals surface area contributed by atoms with Gasteiger partial charge in [-0.05, 0) is 36.8 Å². The monoisotopic (exact) mass is 193 g/mol. The summed E-state index contributed by atoms with van der Waals surface area (Å²) in [6, 6.07) is 2.94. The molecule has 1 aliphatic heterocycles. The molecule has 1 nitrogen and oxygen atoms in total. The van der Waals surface area contributed by atoms with Crippen LogP contribution in [0.15, 0.2) is 11.4 Å². The largest absolute Gasteiger partial charge is 0.308 e. The Balaban J connectivity index is 1.90. The second-order valence-corrected chi connectivity index (χ2v) is 5.45. The molecule has 0 radical (unpaired) electrons. The van der Waals surface area contributed by atoms with E-state index < -0.39 is 0 Å². The van der Waals surface area contributed by atoms with Crippen LogP contribution in [0.3, 0.4) is 0 Å². The number of hydrogen-bond donors (Lipinski definition) is 1. The Labute approximate surface area is 83.2 Å². The summed E-state index contributed by atoms with van der Waals surface area (Å²) in [6.45, 7) is 3.49. The van der Waals surface area contributed by atoms with Crippen LogP contribution in [0.2, 0.25) is 0 Å². The summed E-state index contributed by atoms with van der Waals surface area (Å²) in [4.78, 5) is 1.59. The minimum atomic E-state index is 0.676. The summed E-state index contributed by atoms with van der Waals surface area (Å²) in [6.07, 6.45) is 4.34. The number of aryl methyl sites for hydroxylation is 1. The zero-order chi connectivity index (χ0) is 8.89. The summed E-state index contributed by atoms with van der Waals surface area (Å²) in [5.41, 5.74) is 2.16. The van der Waals surface area contributed by atoms with Crippen LogP contribution in [-0.4, -0.2) is 6.54 Å². The summed E-state index contributed by atoms with van der Waals surface area (Å²) in [7, 11) is 0. The van der Waals surface area contributed by atoms with Crippen LogP contribution in [0, 0.1) is 12.3 Å². The predicted octanol–water partition coefficient (Wildman–Crippen LogP) is 2.87. The van der Waals surface area contributed by atoms with Gasteiger partial charge < -0.3 is 5.32 Å². The quantitative estimate of drug-likeness (QED) is 0.723. The highest BCUT2D eigenvalue weighted by molar-refractivity contribution is 7.10. The lowest BCUT2D eigenvalue weighted by Gasteiger charge is -2.56. The molecule has 1 aliphatic carbocycles. The van der Waals surface area contributed by atoms with Crippen molar-refractivity contribution in [2.24, 2.45) is 5.41 Å². The molecule has 1 aromatic rings. The second-order valence-electron chi connectivity index (χ2n) is 4.50. The Bertz CT molecular complexity index is 319. The lowest BCUT2D eigenvalue weighted by atomic mass is 9.59. The highest BCUT2D eigenvalue weighted by Gasteiger charge is 2.51. The van der Waals surface area contributed by atoms with Crippen LogP contribution in [-0.2, 0) is 0 Å². The summed E-state index contributed by atoms with van der Waals surface area (Å²) in [5, 5.41) is 5.81. The highest BCUT2D eigenvalue weighted by Crippen LogP contribution is 2.56. The van der Waals surface area contributed by atoms with E-state index in [9.17, 15) is 0 Å². The maximum absolute atomic E-state index is 3.59. The average molecular weight is 193 g/mol. The molecule has 1 aromatic heterocycles. The van der Waals surface area contributed by atoms with Gasteiger partial charge in [-0.1, -0.05) is 6.42 Å². The fraction of sp³-hybridized carbons (Fsp3) is 0.636. The molecular weight excluding hydrogens is 178 g/mol. The van der Waals surface area contributed by atoms with E-state index in [2.05, 4.69) is 23.7 Å². The fourth-order valence-electron chi connectivity index (χ4n) is 2.64. The van der Waals surface area contributed by atoms with Crippen molar-refractivity contribution in [3.63, 3.8) is 0 Å². The Hall–Kier alpha value is -0.340. The second kappa shape index (κ2) is 2.58. The first-order chi connectivity index (χ1) is 6.32. The number of nitrogens with one attached hydrogen (secondary N) is 1. The van der Waals surface area contributed by atoms with Crippen molar-refractivity contribution in [3.8, 4) is 0 Å². The average Bonchev–Trinajstić information content (AvgIpc) is 2.31. The minimum absolute atomic E-state index is 0.676. The first kappa shape index (κ1) is 8.01. The van der Waals surface area contributed by atoms with Gasteiger partial charge >= 0.3 is 0 Å². The zero-order valence-corrected chi connectivity index (χ0v) is 8.79. The standard InChI is InChI=1S/C11H15NS/c1-8-3-6-13-9(8)10-11(7-12-10)4-2-5-11/h3,6,10,12H,2,4-5,7H2,1H3. The van der Waals surface area contributed by atoms with Crippen molar-refractivity contribution in [2.45, 2.75) is 32.2 Å². The molecule has 2 heterocycles. The Morgan fingerprint density at radius 3 is 2.77 bits per heavy atom. The molecule has 70 valence electrons. The summed E-state index contributed by atoms with van der Waals surface area (Å²) >= 11 is 1.92. The van der Waals surface area contributed by atoms with E-state index in [1.807, 2.05) is 11.3 Å². The van der Waals surface area contributed by atoms with Gasteiger partial charge in [0.15, 0.2) is 0 Å². The fourth-order valence-corrected chi connectivity index (χ4v) is 3.78. The molecule has 2 aliphatic rings. The normalized spacial score (nSPS) is 29.8. The molecule has 3 rings (SSSR count). The third-order valence-electron chi connectivity index (χ3n) is 3.78. The Kier molecular flexibility index (Phi) is 1.59. The van der Waals surface area contributed by atoms with Gasteiger partial charge in [-0.25, -0.2) is 0 Å². The maximum atomic E-state index is 3.59. The molecule has 2 fully saturated rings. The molecule has 13 heavy (non-hydrogen) atoms. The Morgan fingerprint density at radius 2 is 2.38 bits per heavy atom. The van der Waals surface area contributed by atoms with E-state index >= 15 is 0 Å². The van der Waals surface area contributed by atoms with Gasteiger partial charge in [0.25, 0.3) is 0 Å². The molecule has 1 N–H and O–H groups in total. The molecular formula is C11H15NS. The van der Waals surface area contributed by atoms with Crippen LogP contribution in [0.4, 0.5) is 0 Å². The van der Waals surface area contributed by atoms with Crippen LogP contribution in [0.1, 0.15) is 35.7 Å². The first-order valence-corrected chi connectivity index (χ1v) is 5.97. The van der Waals surface area contributed by atoms with Gasteiger partial charge in [-0.15, -0.1) is 11.3 Å². The van der Waals surface area contributed by atoms with Crippen molar-refractivity contribution in [1.29, 1.82) is 0 Å². The van der Waals surface area contributed by atoms with Crippen LogP contribution >= 0.6 is 11.3 Å². The lowest BCUT2D eigenvalue weighted by Crippen LogP contribution is -2.59. The SMILES string of the molecule is Cc1ccsc1C1NCC12CCC2. The van der Waals surface area contributed by atoms with E-state index in [-0.39, 0.29) is 0 Å². The highest BCUT2D eigenvalue weighted by atomic mass is 32.1. The first-order valence-electron chi connectivity index (χ1n) is 5.09. The number of rotatable bonds is 1. The third kappa shape index (κ3) is 0.960. The molecule has 1 spiro atoms. The van der Waals surface area contributed by atoms with Crippen molar-refractivity contribution in [1.82, 2.24) is 5.32 Å². The van der Waals surface area contributed by atoms with Gasteiger partial charge in [0.1, 0.15) is 0 Å². The number of thiophene rings is 1. The van der Waals surface area contributed by atoms with Crippen LogP contribution in [0.25, 0.3) is 0 Å². The van der Waals surface area contributed by atoms with Gasteiger partial charge in [0, 0.05) is 22.9 Å². The molecule has 1 saturated carbocycles. The maximum Gasteiger partial charge on any atom is 0.0487 e. The van der Waals surface area contributed by atoms with Crippen molar-refractivity contribution < 1.29 is 0 Å². The predicted molar refractivity (Wildman–Crippen MR) is 56.1 cm³/mol. The van der Waals surface area contributed by atoms with Gasteiger partial charge in [0.05, 0.1) is 0 Å². The van der Waals surface area contributed by atoms with Crippen LogP contribution < -0.4 is 5.32 Å². The van der Waals surface area contributed by atoms with Gasteiger partial charge in [-0.3, -0.25) is 0 Å². The summed E-state index contributed by atoms with van der Waals surface area (Å²) in [5.74, 6) is 0. The topological polar surface area (TPSA) is 12.0 Å².